The topological polar surface area (TPSA) is 156 Å². The number of aliphatic carboxylic acids is 2. The Bertz CT molecular complexity index is 393. The van der Waals surface area contributed by atoms with Crippen LogP contribution in [0, 0.1) is 0 Å². The molecule has 0 fully saturated rings. The molecule has 0 aromatic rings. The number of carboxylic acid groups (broad SMARTS) is 2. The number of carbonyl (C=O) groups excluding carboxylic acids is 1. The van der Waals surface area contributed by atoms with Crippen molar-refractivity contribution >= 4 is 29.4 Å². The summed E-state index contributed by atoms with van der Waals surface area (Å²) >= 11 is 5.33. The largest absolute Gasteiger partial charge is 0.480 e. The second-order valence-electron chi connectivity index (χ2n) is 4.29. The summed E-state index contributed by atoms with van der Waals surface area (Å²) in [6.45, 7) is 1.23. The third-order valence-electron chi connectivity index (χ3n) is 2.58. The van der Waals surface area contributed by atoms with Crippen LogP contribution in [0.3, 0.4) is 0 Å². The molecule has 0 spiro atoms. The van der Waals surface area contributed by atoms with Crippen LogP contribution in [0.1, 0.15) is 19.8 Å². The van der Waals surface area contributed by atoms with E-state index in [-0.39, 0.29) is 6.42 Å². The van der Waals surface area contributed by atoms with Gasteiger partial charge in [0.2, 0.25) is 11.0 Å². The fraction of sp³-hybridized carbons (Fsp3) is 0.700. The third kappa shape index (κ3) is 5.68. The number of nitrogens with one attached hydrogen (secondary N) is 1. The van der Waals surface area contributed by atoms with Gasteiger partial charge in [0.1, 0.15) is 6.04 Å². The first kappa shape index (κ1) is 18.6. The van der Waals surface area contributed by atoms with Crippen LogP contribution in [-0.4, -0.2) is 51.3 Å². The van der Waals surface area contributed by atoms with Crippen LogP contribution in [0.25, 0.3) is 0 Å². The molecule has 116 valence electrons. The highest BCUT2D eigenvalue weighted by molar-refractivity contribution is 6.24. The average Bonchev–Trinajstić information content (AvgIpc) is 2.34. The molecule has 7 N–H and O–H groups in total. The Morgan fingerprint density at radius 3 is 2.20 bits per heavy atom. The molecule has 4 atom stereocenters. The van der Waals surface area contributed by atoms with Crippen molar-refractivity contribution in [3.8, 4) is 0 Å². The zero-order valence-electron chi connectivity index (χ0n) is 10.7. The van der Waals surface area contributed by atoms with Crippen molar-refractivity contribution < 1.29 is 29.0 Å². The van der Waals surface area contributed by atoms with Gasteiger partial charge in [-0.25, -0.2) is 4.39 Å². The molecule has 0 heterocycles. The fourth-order valence-electron chi connectivity index (χ4n) is 1.20. The Hall–Kier alpha value is -1.45. The highest BCUT2D eigenvalue weighted by atomic mass is 35.5. The van der Waals surface area contributed by atoms with Crippen molar-refractivity contribution in [1.82, 2.24) is 5.32 Å². The van der Waals surface area contributed by atoms with E-state index in [0.29, 0.717) is 0 Å². The van der Waals surface area contributed by atoms with E-state index >= 15 is 0 Å². The van der Waals surface area contributed by atoms with Gasteiger partial charge in [0.15, 0.2) is 6.04 Å². The minimum absolute atomic E-state index is 0.293. The molecule has 10 heteroatoms. The van der Waals surface area contributed by atoms with E-state index in [1.165, 1.54) is 6.92 Å². The number of amides is 1. The van der Waals surface area contributed by atoms with Gasteiger partial charge < -0.3 is 27.0 Å². The van der Waals surface area contributed by atoms with Gasteiger partial charge in [0.05, 0.1) is 6.04 Å². The fourth-order valence-corrected chi connectivity index (χ4v) is 1.40. The first-order valence-corrected chi connectivity index (χ1v) is 6.01. The lowest BCUT2D eigenvalue weighted by molar-refractivity contribution is -0.142. The van der Waals surface area contributed by atoms with Crippen molar-refractivity contribution in [1.29, 1.82) is 0 Å². The van der Waals surface area contributed by atoms with E-state index in [0.717, 1.165) is 0 Å². The number of carboxylic acids is 2. The molecule has 0 saturated carbocycles. The zero-order chi connectivity index (χ0) is 16.1. The Kier molecular flexibility index (Phi) is 6.83. The Balaban J connectivity index is 4.41. The minimum Gasteiger partial charge on any atom is -0.480 e. The number of hydrogen-bond acceptors (Lipinski definition) is 5. The van der Waals surface area contributed by atoms with Gasteiger partial charge in [-0.15, -0.1) is 0 Å². The second-order valence-corrected chi connectivity index (χ2v) is 4.92. The normalized spacial score (nSPS) is 18.4. The summed E-state index contributed by atoms with van der Waals surface area (Å²) < 4.78 is 13.7. The molecular weight excluding hydrogens is 297 g/mol. The molecule has 0 aliphatic heterocycles. The van der Waals surface area contributed by atoms with Crippen LogP contribution in [0.15, 0.2) is 0 Å². The average molecular weight is 314 g/mol. The van der Waals surface area contributed by atoms with E-state index in [2.05, 4.69) is 5.32 Å². The molecular formula is C10H17ClFN3O5. The van der Waals surface area contributed by atoms with E-state index in [9.17, 15) is 18.8 Å². The van der Waals surface area contributed by atoms with Gasteiger partial charge in [-0.1, -0.05) is 11.6 Å². The smallest absolute Gasteiger partial charge is 0.325 e. The first-order chi connectivity index (χ1) is 8.99. The highest BCUT2D eigenvalue weighted by Crippen LogP contribution is 2.27. The standard InChI is InChI=1S/C10H17ClFN3O5/c1-4(8(17)18)15-7(16)5(13)2-3-10(11,12)6(14)9(19)20/h4-6H,2-3,13-14H2,1H3,(H,15,16)(H,17,18)(H,19,20)/t4-,5-,6?,10?/m0/s1. The molecule has 20 heavy (non-hydrogen) atoms. The number of nitrogens with two attached hydrogens (primary N) is 2. The van der Waals surface area contributed by atoms with Crippen molar-refractivity contribution in [3.63, 3.8) is 0 Å². The van der Waals surface area contributed by atoms with E-state index in [4.69, 9.17) is 33.3 Å². The van der Waals surface area contributed by atoms with Crippen LogP contribution in [0.2, 0.25) is 0 Å². The van der Waals surface area contributed by atoms with Gasteiger partial charge in [0.25, 0.3) is 0 Å². The van der Waals surface area contributed by atoms with E-state index < -0.39 is 47.5 Å². The lowest BCUT2D eigenvalue weighted by atomic mass is 10.0. The number of alkyl halides is 2. The molecule has 8 nitrogen and oxygen atoms in total. The SMILES string of the molecule is C[C@H](NC(=O)[C@@H](N)CCC(F)(Cl)C(N)C(=O)O)C(=O)O. The monoisotopic (exact) mass is 313 g/mol. The molecule has 2 unspecified atom stereocenters. The molecule has 0 aliphatic rings. The Morgan fingerprint density at radius 1 is 1.30 bits per heavy atom. The van der Waals surface area contributed by atoms with Gasteiger partial charge in [0, 0.05) is 0 Å². The molecule has 0 aliphatic carbocycles. The van der Waals surface area contributed by atoms with Crippen molar-refractivity contribution in [2.45, 2.75) is 43.0 Å². The lowest BCUT2D eigenvalue weighted by Crippen LogP contribution is -2.49. The molecule has 0 aromatic carbocycles. The summed E-state index contributed by atoms with van der Waals surface area (Å²) in [5, 5.41) is 16.5. The quantitative estimate of drug-likeness (QED) is 0.360. The summed E-state index contributed by atoms with van der Waals surface area (Å²) in [6, 6.07) is -4.34. The maximum Gasteiger partial charge on any atom is 0.325 e. The molecule has 0 rings (SSSR count). The zero-order valence-corrected chi connectivity index (χ0v) is 11.4. The second kappa shape index (κ2) is 7.36. The van der Waals surface area contributed by atoms with Crippen LogP contribution >= 0.6 is 11.6 Å². The maximum atomic E-state index is 13.7. The summed E-state index contributed by atoms with van der Waals surface area (Å²) in [7, 11) is 0. The van der Waals surface area contributed by atoms with Crippen LogP contribution in [-0.2, 0) is 14.4 Å². The predicted octanol–water partition coefficient (Wildman–Crippen LogP) is -1.00. The first-order valence-electron chi connectivity index (χ1n) is 5.64. The summed E-state index contributed by atoms with van der Waals surface area (Å²) in [4.78, 5) is 32.5. The van der Waals surface area contributed by atoms with Crippen molar-refractivity contribution in [2.75, 3.05) is 0 Å². The Labute approximate surface area is 119 Å². The Morgan fingerprint density at radius 2 is 1.80 bits per heavy atom. The number of carbonyl (C=O) groups is 3. The highest BCUT2D eigenvalue weighted by Gasteiger charge is 2.40. The lowest BCUT2D eigenvalue weighted by Gasteiger charge is -2.23. The molecule has 1 amide bonds. The molecule has 0 saturated heterocycles. The van der Waals surface area contributed by atoms with E-state index in [1.54, 1.807) is 0 Å². The number of rotatable bonds is 8. The van der Waals surface area contributed by atoms with Gasteiger partial charge in [-0.05, 0) is 19.8 Å². The summed E-state index contributed by atoms with van der Waals surface area (Å²) in [6.07, 6.45) is -0.864. The minimum atomic E-state index is -2.75. The predicted molar refractivity (Wildman–Crippen MR) is 67.8 cm³/mol. The third-order valence-corrected chi connectivity index (χ3v) is 3.00. The van der Waals surface area contributed by atoms with Crippen LogP contribution in [0.4, 0.5) is 4.39 Å². The molecule has 0 bridgehead atoms. The van der Waals surface area contributed by atoms with Crippen molar-refractivity contribution in [2.24, 2.45) is 11.5 Å². The van der Waals surface area contributed by atoms with Crippen LogP contribution in [0.5, 0.6) is 0 Å². The van der Waals surface area contributed by atoms with Gasteiger partial charge in [-0.3, -0.25) is 14.4 Å². The summed E-state index contributed by atoms with van der Waals surface area (Å²) in [5.41, 5.74) is 10.5. The van der Waals surface area contributed by atoms with Gasteiger partial charge in [-0.2, -0.15) is 0 Å². The maximum absolute atomic E-state index is 13.7. The van der Waals surface area contributed by atoms with Gasteiger partial charge >= 0.3 is 11.9 Å². The molecule has 0 radical (unpaired) electrons. The van der Waals surface area contributed by atoms with Crippen molar-refractivity contribution in [3.05, 3.63) is 0 Å². The summed E-state index contributed by atoms with van der Waals surface area (Å²) in [5.74, 6) is -3.69. The number of halogens is 2. The molecule has 0 aromatic heterocycles. The number of hydrogen-bond donors (Lipinski definition) is 5. The van der Waals surface area contributed by atoms with Crippen LogP contribution < -0.4 is 16.8 Å². The van der Waals surface area contributed by atoms with E-state index in [1.807, 2.05) is 0 Å².